The first-order chi connectivity index (χ1) is 20.7. The van der Waals surface area contributed by atoms with Gasteiger partial charge >= 0.3 is 0 Å². The van der Waals surface area contributed by atoms with E-state index in [4.69, 9.17) is 4.74 Å². The van der Waals surface area contributed by atoms with E-state index in [1.54, 1.807) is 0 Å². The highest BCUT2D eigenvalue weighted by Gasteiger charge is 2.33. The van der Waals surface area contributed by atoms with E-state index in [0.29, 0.717) is 18.2 Å². The Kier molecular flexibility index (Phi) is 10.4. The van der Waals surface area contributed by atoms with E-state index in [1.165, 1.54) is 5.56 Å². The van der Waals surface area contributed by atoms with Crippen molar-refractivity contribution < 1.29 is 19.4 Å². The Labute approximate surface area is 257 Å². The van der Waals surface area contributed by atoms with Crippen LogP contribution in [-0.2, 0) is 16.1 Å². The zero-order valence-electron chi connectivity index (χ0n) is 26.4. The van der Waals surface area contributed by atoms with Crippen LogP contribution in [0.3, 0.4) is 0 Å². The number of anilines is 1. The summed E-state index contributed by atoms with van der Waals surface area (Å²) < 4.78 is 5.66. The van der Waals surface area contributed by atoms with E-state index in [2.05, 4.69) is 64.6 Å². The van der Waals surface area contributed by atoms with Gasteiger partial charge in [0.2, 0.25) is 5.91 Å². The van der Waals surface area contributed by atoms with Crippen LogP contribution in [0.5, 0.6) is 0 Å². The Morgan fingerprint density at radius 1 is 1.12 bits per heavy atom. The van der Waals surface area contributed by atoms with Crippen LogP contribution in [0.2, 0.25) is 0 Å². The molecule has 2 amide bonds. The van der Waals surface area contributed by atoms with Crippen molar-refractivity contribution in [2.75, 3.05) is 44.3 Å². The molecular weight excluding hydrogens is 540 g/mol. The molecule has 3 aliphatic rings. The van der Waals surface area contributed by atoms with Gasteiger partial charge in [-0.25, -0.2) is 0 Å². The average molecular weight is 591 g/mol. The third-order valence-corrected chi connectivity index (χ3v) is 9.70. The van der Waals surface area contributed by atoms with Gasteiger partial charge in [0.15, 0.2) is 0 Å². The van der Waals surface area contributed by atoms with E-state index < -0.39 is 0 Å². The molecule has 3 aliphatic heterocycles. The highest BCUT2D eigenvalue weighted by atomic mass is 16.5. The van der Waals surface area contributed by atoms with Crippen molar-refractivity contribution in [2.24, 2.45) is 11.8 Å². The van der Waals surface area contributed by atoms with Crippen molar-refractivity contribution >= 4 is 17.5 Å². The largest absolute Gasteiger partial charge is 0.392 e. The number of carbonyl (C=O) groups is 2. The molecule has 2 aromatic rings. The summed E-state index contributed by atoms with van der Waals surface area (Å²) in [5.74, 6) is -0.134. The Morgan fingerprint density at radius 2 is 1.86 bits per heavy atom. The molecule has 8 nitrogen and oxygen atoms in total. The second kappa shape index (κ2) is 14.2. The van der Waals surface area contributed by atoms with E-state index >= 15 is 0 Å². The van der Waals surface area contributed by atoms with Crippen LogP contribution in [0, 0.1) is 18.8 Å². The minimum Gasteiger partial charge on any atom is -0.392 e. The summed E-state index contributed by atoms with van der Waals surface area (Å²) in [6, 6.07) is 13.4. The van der Waals surface area contributed by atoms with Gasteiger partial charge in [-0.05, 0) is 99.7 Å². The Bertz CT molecular complexity index is 1260. The van der Waals surface area contributed by atoms with E-state index in [-0.39, 0.29) is 35.8 Å². The van der Waals surface area contributed by atoms with Gasteiger partial charge in [0, 0.05) is 62.7 Å². The Hall–Kier alpha value is -2.94. The van der Waals surface area contributed by atoms with E-state index in [1.807, 2.05) is 19.9 Å². The second-order valence-electron chi connectivity index (χ2n) is 13.0. The third-order valence-electron chi connectivity index (χ3n) is 9.70. The minimum absolute atomic E-state index is 0.0218. The van der Waals surface area contributed by atoms with Crippen molar-refractivity contribution in [3.05, 3.63) is 53.1 Å². The molecule has 3 fully saturated rings. The number of ether oxygens (including phenoxy) is 1. The molecule has 2 aromatic carbocycles. The number of nitrogens with one attached hydrogen (secondary N) is 2. The zero-order chi connectivity index (χ0) is 30.5. The fraction of sp³-hybridized carbons (Fsp3) is 0.600. The normalized spacial score (nSPS) is 25.3. The molecule has 0 radical (unpaired) electrons. The van der Waals surface area contributed by atoms with Crippen molar-refractivity contribution in [2.45, 2.75) is 84.5 Å². The lowest BCUT2D eigenvalue weighted by Gasteiger charge is -2.37. The summed E-state index contributed by atoms with van der Waals surface area (Å²) in [4.78, 5) is 31.3. The topological polar surface area (TPSA) is 94.1 Å². The molecule has 3 N–H and O–H groups in total. The predicted molar refractivity (Wildman–Crippen MR) is 171 cm³/mol. The maximum absolute atomic E-state index is 13.8. The van der Waals surface area contributed by atoms with Crippen molar-refractivity contribution in [3.63, 3.8) is 0 Å². The van der Waals surface area contributed by atoms with Crippen LogP contribution in [0.4, 0.5) is 5.69 Å². The van der Waals surface area contributed by atoms with Gasteiger partial charge < -0.3 is 25.4 Å². The molecule has 3 unspecified atom stereocenters. The number of hydrogen-bond donors (Lipinski definition) is 3. The van der Waals surface area contributed by atoms with Crippen LogP contribution < -0.4 is 15.5 Å². The number of amides is 2. The summed E-state index contributed by atoms with van der Waals surface area (Å²) in [5, 5.41) is 16.2. The molecule has 4 atom stereocenters. The number of aliphatic hydroxyl groups is 1. The lowest BCUT2D eigenvalue weighted by molar-refractivity contribution is -0.129. The maximum Gasteiger partial charge on any atom is 0.251 e. The first kappa shape index (κ1) is 31.5. The van der Waals surface area contributed by atoms with Gasteiger partial charge in [-0.15, -0.1) is 0 Å². The van der Waals surface area contributed by atoms with Gasteiger partial charge in [0.25, 0.3) is 5.91 Å². The van der Waals surface area contributed by atoms with Gasteiger partial charge in [-0.2, -0.15) is 0 Å². The zero-order valence-corrected chi connectivity index (χ0v) is 26.4. The molecule has 5 rings (SSSR count). The maximum atomic E-state index is 13.8. The molecule has 3 saturated heterocycles. The highest BCUT2D eigenvalue weighted by Crippen LogP contribution is 2.34. The summed E-state index contributed by atoms with van der Waals surface area (Å²) >= 11 is 0. The average Bonchev–Trinajstić information content (AvgIpc) is 2.99. The molecule has 0 aliphatic carbocycles. The second-order valence-corrected chi connectivity index (χ2v) is 13.0. The molecular formula is C35H50N4O4. The lowest BCUT2D eigenvalue weighted by Crippen LogP contribution is -2.50. The van der Waals surface area contributed by atoms with E-state index in [0.717, 1.165) is 93.9 Å². The highest BCUT2D eigenvalue weighted by molar-refractivity contribution is 5.99. The smallest absolute Gasteiger partial charge is 0.251 e. The quantitative estimate of drug-likeness (QED) is 0.398. The third kappa shape index (κ3) is 7.59. The molecule has 43 heavy (non-hydrogen) atoms. The summed E-state index contributed by atoms with van der Waals surface area (Å²) in [5.41, 5.74) is 5.99. The van der Waals surface area contributed by atoms with Crippen molar-refractivity contribution in [3.8, 4) is 11.1 Å². The lowest BCUT2D eigenvalue weighted by atomic mass is 9.84. The van der Waals surface area contributed by atoms with Gasteiger partial charge in [-0.3, -0.25) is 14.5 Å². The number of likely N-dealkylation sites (tertiary alicyclic amines) is 1. The molecule has 0 bridgehead atoms. The molecule has 0 saturated carbocycles. The molecule has 0 spiro atoms. The van der Waals surface area contributed by atoms with Gasteiger partial charge in [0.05, 0.1) is 12.0 Å². The monoisotopic (exact) mass is 590 g/mol. The summed E-state index contributed by atoms with van der Waals surface area (Å²) in [7, 11) is 0. The van der Waals surface area contributed by atoms with Crippen LogP contribution >= 0.6 is 0 Å². The minimum atomic E-state index is -0.236. The first-order valence-electron chi connectivity index (χ1n) is 16.3. The fourth-order valence-corrected chi connectivity index (χ4v) is 7.24. The number of piperidine rings is 2. The number of nitrogens with zero attached hydrogens (tertiary/aromatic N) is 2. The van der Waals surface area contributed by atoms with Crippen LogP contribution in [0.1, 0.15) is 74.4 Å². The summed E-state index contributed by atoms with van der Waals surface area (Å²) in [6.07, 6.45) is 4.52. The molecule has 0 aromatic heterocycles. The summed E-state index contributed by atoms with van der Waals surface area (Å²) in [6.45, 7) is 13.6. The number of rotatable bonds is 9. The van der Waals surface area contributed by atoms with Gasteiger partial charge in [-0.1, -0.05) is 31.2 Å². The van der Waals surface area contributed by atoms with Crippen LogP contribution in [0.15, 0.2) is 36.4 Å². The SMILES string of the molecule is CCN(c1cc(-c2ccc(CN3CCC[C@H](O)C3)cc2)cc(C(=O)NCC2C(=O)NC(C)CC2C)c1C)C1CCOCC1. The number of benzene rings is 2. The van der Waals surface area contributed by atoms with Crippen LogP contribution in [0.25, 0.3) is 11.1 Å². The molecule has 234 valence electrons. The van der Waals surface area contributed by atoms with Crippen molar-refractivity contribution in [1.29, 1.82) is 0 Å². The fourth-order valence-electron chi connectivity index (χ4n) is 7.24. The molecule has 3 heterocycles. The Morgan fingerprint density at radius 3 is 2.53 bits per heavy atom. The number of β-amino-alcohol motifs (C(OH)–C–C–N with tert-alkyl or cyclic N) is 1. The number of hydrogen-bond acceptors (Lipinski definition) is 6. The first-order valence-corrected chi connectivity index (χ1v) is 16.3. The predicted octanol–water partition coefficient (Wildman–Crippen LogP) is 4.51. The van der Waals surface area contributed by atoms with Crippen LogP contribution in [-0.4, -0.2) is 79.4 Å². The Balaban J connectivity index is 1.42. The number of aliphatic hydroxyl groups excluding tert-OH is 1. The molecule has 8 heteroatoms. The van der Waals surface area contributed by atoms with E-state index in [9.17, 15) is 14.7 Å². The standard InChI is InChI=1S/C35H50N4O4/c1-5-39(29-12-15-43-16-13-29)33-19-28(27-10-8-26(9-11-27)21-38-14-6-7-30(40)22-38)18-31(25(33)4)34(41)36-20-32-23(2)17-24(3)37-35(32)42/h8-11,18-19,23-24,29-30,32,40H,5-7,12-17,20-22H2,1-4H3,(H,36,41)(H,37,42)/t23?,24?,30-,32?/m0/s1. The van der Waals surface area contributed by atoms with Gasteiger partial charge in [0.1, 0.15) is 0 Å². The van der Waals surface area contributed by atoms with Crippen molar-refractivity contribution in [1.82, 2.24) is 15.5 Å². The number of carbonyl (C=O) groups excluding carboxylic acids is 2.